The molecule has 2 aliphatic heterocycles. The van der Waals surface area contributed by atoms with E-state index < -0.39 is 23.5 Å². The van der Waals surface area contributed by atoms with Crippen molar-refractivity contribution in [1.29, 1.82) is 0 Å². The molecule has 218 valence electrons. The maximum Gasteiger partial charge on any atom is 0.320 e. The minimum absolute atomic E-state index is 0.0907. The number of rotatable bonds is 4. The monoisotopic (exact) mass is 568 g/mol. The van der Waals surface area contributed by atoms with Crippen molar-refractivity contribution < 1.29 is 18.0 Å². The van der Waals surface area contributed by atoms with Gasteiger partial charge in [0.05, 0.1) is 11.6 Å². The summed E-state index contributed by atoms with van der Waals surface area (Å²) in [6.45, 7) is 2.30. The molecule has 1 aliphatic carbocycles. The van der Waals surface area contributed by atoms with Gasteiger partial charge in [-0.25, -0.2) is 22.9 Å². The van der Waals surface area contributed by atoms with Gasteiger partial charge in [-0.1, -0.05) is 12.8 Å². The number of hydrogen-bond donors (Lipinski definition) is 1. The van der Waals surface area contributed by atoms with Crippen LogP contribution in [0, 0.1) is 17.5 Å². The topological polar surface area (TPSA) is 73.2 Å². The van der Waals surface area contributed by atoms with E-state index in [-0.39, 0.29) is 28.7 Å². The van der Waals surface area contributed by atoms with E-state index in [4.69, 9.17) is 0 Å². The highest BCUT2D eigenvalue weighted by molar-refractivity contribution is 5.75. The second-order valence-electron chi connectivity index (χ2n) is 11.6. The Morgan fingerprint density at radius 1 is 1.07 bits per heavy atom. The molecule has 41 heavy (non-hydrogen) atoms. The van der Waals surface area contributed by atoms with Gasteiger partial charge < -0.3 is 15.1 Å². The van der Waals surface area contributed by atoms with Crippen molar-refractivity contribution in [3.63, 3.8) is 0 Å². The van der Waals surface area contributed by atoms with E-state index in [1.807, 2.05) is 11.9 Å². The molecule has 2 aromatic heterocycles. The number of carbonyl (C=O) groups is 1. The number of pyridine rings is 1. The van der Waals surface area contributed by atoms with Gasteiger partial charge in [0, 0.05) is 62.3 Å². The number of piperidine rings is 1. The maximum atomic E-state index is 14.9. The van der Waals surface area contributed by atoms with E-state index in [0.717, 1.165) is 50.4 Å². The molecule has 3 aromatic rings. The van der Waals surface area contributed by atoms with Crippen LogP contribution in [0.5, 0.6) is 0 Å². The van der Waals surface area contributed by atoms with E-state index >= 15 is 0 Å². The van der Waals surface area contributed by atoms with Crippen molar-refractivity contribution in [2.45, 2.75) is 62.7 Å². The van der Waals surface area contributed by atoms with E-state index in [9.17, 15) is 22.8 Å². The molecule has 8 nitrogen and oxygen atoms in total. The van der Waals surface area contributed by atoms with E-state index in [1.54, 1.807) is 11.1 Å². The summed E-state index contributed by atoms with van der Waals surface area (Å²) in [5, 5.41) is 3.24. The number of carbonyl (C=O) groups excluding carboxylic acids is 1. The second kappa shape index (κ2) is 11.1. The predicted octanol–water partition coefficient (Wildman–Crippen LogP) is 4.09. The average Bonchev–Trinajstić information content (AvgIpc) is 3.45. The molecule has 1 saturated carbocycles. The Bertz CT molecular complexity index is 1510. The van der Waals surface area contributed by atoms with Crippen LogP contribution in [-0.4, -0.2) is 74.9 Å². The minimum atomic E-state index is -0.578. The lowest BCUT2D eigenvalue weighted by molar-refractivity contribution is -0.00246. The zero-order chi connectivity index (χ0) is 28.7. The number of likely N-dealkylation sites (tertiary alicyclic amines) is 1. The molecule has 1 N–H and O–H groups in total. The molecule has 2 saturated heterocycles. The van der Waals surface area contributed by atoms with Crippen molar-refractivity contribution in [3.8, 4) is 0 Å². The van der Waals surface area contributed by atoms with Gasteiger partial charge in [0.25, 0.3) is 5.56 Å². The van der Waals surface area contributed by atoms with E-state index in [0.29, 0.717) is 50.4 Å². The van der Waals surface area contributed by atoms with Crippen molar-refractivity contribution in [2.24, 2.45) is 0 Å². The smallest absolute Gasteiger partial charge is 0.320 e. The third-order valence-electron chi connectivity index (χ3n) is 9.27. The van der Waals surface area contributed by atoms with E-state index in [1.165, 1.54) is 22.6 Å². The van der Waals surface area contributed by atoms with Crippen molar-refractivity contribution in [1.82, 2.24) is 29.4 Å². The minimum Gasteiger partial charge on any atom is -0.321 e. The molecule has 11 heteroatoms. The third-order valence-corrected chi connectivity index (χ3v) is 9.27. The number of halogens is 3. The number of benzene rings is 1. The summed E-state index contributed by atoms with van der Waals surface area (Å²) in [6, 6.07) is 5.53. The molecule has 3 aliphatic rings. The molecule has 4 heterocycles. The highest BCUT2D eigenvalue weighted by atomic mass is 19.1. The SMILES string of the molecule is CN[C@@H]1CCN(C(=O)N2CCN(Cc3cnc4ccc(F)cn4c3=O)C3(CCCC3)C2)[C@H](c2cc(F)ccc2F)C1. The molecule has 6 rings (SSSR count). The first-order valence-corrected chi connectivity index (χ1v) is 14.4. The zero-order valence-corrected chi connectivity index (χ0v) is 23.2. The van der Waals surface area contributed by atoms with Gasteiger partial charge >= 0.3 is 6.03 Å². The van der Waals surface area contributed by atoms with Crippen LogP contribution in [0.4, 0.5) is 18.0 Å². The lowest BCUT2D eigenvalue weighted by Gasteiger charge is -2.51. The first-order valence-electron chi connectivity index (χ1n) is 14.4. The van der Waals surface area contributed by atoms with Gasteiger partial charge in [-0.3, -0.25) is 14.1 Å². The summed E-state index contributed by atoms with van der Waals surface area (Å²) in [6.07, 6.45) is 7.75. The normalized spacial score (nSPS) is 23.0. The molecule has 2 amide bonds. The number of nitrogens with one attached hydrogen (secondary N) is 1. The molecular formula is C30H35F3N6O2. The second-order valence-corrected chi connectivity index (χ2v) is 11.6. The van der Waals surface area contributed by atoms with Crippen LogP contribution in [0.2, 0.25) is 0 Å². The molecule has 0 unspecified atom stereocenters. The van der Waals surface area contributed by atoms with Gasteiger partial charge in [0.2, 0.25) is 0 Å². The standard InChI is InChI=1S/C30H35F3N6O2/c1-34-23-8-11-38(26(15-23)24-14-21(31)4-6-25(24)33)29(41)36-12-13-37(30(19-36)9-2-3-10-30)17-20-16-35-27-7-5-22(32)18-39(27)28(20)40/h4-7,14,16,18,23,26,34H,2-3,8-13,15,17,19H2,1H3/t23-,26+/m1/s1. The summed E-state index contributed by atoms with van der Waals surface area (Å²) in [5.74, 6) is -1.55. The van der Waals surface area contributed by atoms with Gasteiger partial charge in [0.15, 0.2) is 0 Å². The number of urea groups is 1. The van der Waals surface area contributed by atoms with Gasteiger partial charge in [-0.05, 0) is 63.1 Å². The molecule has 0 bridgehead atoms. The quantitative estimate of drug-likeness (QED) is 0.514. The predicted molar refractivity (Wildman–Crippen MR) is 148 cm³/mol. The number of hydrogen-bond acceptors (Lipinski definition) is 5. The summed E-state index contributed by atoms with van der Waals surface area (Å²) in [7, 11) is 1.84. The summed E-state index contributed by atoms with van der Waals surface area (Å²) in [5.41, 5.74) is 0.472. The largest absolute Gasteiger partial charge is 0.321 e. The zero-order valence-electron chi connectivity index (χ0n) is 23.2. The fourth-order valence-corrected chi connectivity index (χ4v) is 7.04. The van der Waals surface area contributed by atoms with Crippen molar-refractivity contribution in [2.75, 3.05) is 33.2 Å². The Kier molecular flexibility index (Phi) is 7.50. The number of piperazine rings is 1. The van der Waals surface area contributed by atoms with Gasteiger partial charge in [-0.2, -0.15) is 0 Å². The lowest BCUT2D eigenvalue weighted by atomic mass is 9.90. The average molecular weight is 569 g/mol. The Hall–Kier alpha value is -3.44. The Morgan fingerprint density at radius 3 is 2.63 bits per heavy atom. The highest BCUT2D eigenvalue weighted by Gasteiger charge is 2.46. The summed E-state index contributed by atoms with van der Waals surface area (Å²) in [4.78, 5) is 37.5. The fourth-order valence-electron chi connectivity index (χ4n) is 7.04. The van der Waals surface area contributed by atoms with Crippen LogP contribution in [-0.2, 0) is 6.54 Å². The van der Waals surface area contributed by atoms with Crippen LogP contribution < -0.4 is 10.9 Å². The molecule has 0 radical (unpaired) electrons. The van der Waals surface area contributed by atoms with Crippen LogP contribution in [0.3, 0.4) is 0 Å². The van der Waals surface area contributed by atoms with E-state index in [2.05, 4.69) is 15.2 Å². The molecule has 2 atom stereocenters. The number of fused-ring (bicyclic) bond motifs is 1. The van der Waals surface area contributed by atoms with Crippen LogP contribution in [0.25, 0.3) is 5.65 Å². The van der Waals surface area contributed by atoms with Crippen molar-refractivity contribution >= 4 is 11.7 Å². The molecule has 3 fully saturated rings. The van der Waals surface area contributed by atoms with Crippen LogP contribution in [0.15, 0.2) is 47.5 Å². The molecule has 1 aromatic carbocycles. The number of aromatic nitrogens is 2. The van der Waals surface area contributed by atoms with Gasteiger partial charge in [0.1, 0.15) is 23.1 Å². The first-order chi connectivity index (χ1) is 19.8. The Balaban J connectivity index is 1.25. The fraction of sp³-hybridized carbons (Fsp3) is 0.500. The number of nitrogens with zero attached hydrogens (tertiary/aromatic N) is 5. The Morgan fingerprint density at radius 2 is 1.85 bits per heavy atom. The van der Waals surface area contributed by atoms with Crippen LogP contribution in [0.1, 0.15) is 55.7 Å². The number of amides is 2. The summed E-state index contributed by atoms with van der Waals surface area (Å²) >= 11 is 0. The summed E-state index contributed by atoms with van der Waals surface area (Å²) < 4.78 is 44.2. The first kappa shape index (κ1) is 27.7. The molecule has 1 spiro atoms. The van der Waals surface area contributed by atoms with Crippen LogP contribution >= 0.6 is 0 Å². The Labute approximate surface area is 236 Å². The van der Waals surface area contributed by atoms with Gasteiger partial charge in [-0.15, -0.1) is 0 Å². The van der Waals surface area contributed by atoms with Crippen molar-refractivity contribution in [3.05, 3.63) is 81.7 Å². The lowest BCUT2D eigenvalue weighted by Crippen LogP contribution is -2.64. The maximum absolute atomic E-state index is 14.9. The highest BCUT2D eigenvalue weighted by Crippen LogP contribution is 2.40. The molecular weight excluding hydrogens is 533 g/mol. The third kappa shape index (κ3) is 5.21.